The number of imidazole rings is 1. The Bertz CT molecular complexity index is 1710. The third-order valence-electron chi connectivity index (χ3n) is 7.34. The normalized spacial score (nSPS) is 17.7. The fraction of sp³-hybridized carbons (Fsp3) is 0.250. The zero-order valence-electron chi connectivity index (χ0n) is 20.4. The summed E-state index contributed by atoms with van der Waals surface area (Å²) in [6.07, 6.45) is 12.0. The molecule has 5 aromatic rings. The van der Waals surface area contributed by atoms with E-state index in [1.165, 1.54) is 6.07 Å². The first-order valence-corrected chi connectivity index (χ1v) is 13.7. The Kier molecular flexibility index (Phi) is 5.69. The van der Waals surface area contributed by atoms with Gasteiger partial charge >= 0.3 is 0 Å². The molecular formula is C28H24FN7OS. The van der Waals surface area contributed by atoms with Gasteiger partial charge in [0.1, 0.15) is 17.0 Å². The minimum atomic E-state index is -0.407. The molecule has 1 saturated carbocycles. The Morgan fingerprint density at radius 2 is 2.03 bits per heavy atom. The minimum absolute atomic E-state index is 0.0000228. The SMILES string of the molecule is O=C(Nc1cncc(-c2cc3c(-c4nc5c(C6CC=CS6)nccc5[nH]4)n[nH]c3cc2F)c1)C1CCCC1. The van der Waals surface area contributed by atoms with Crippen LogP contribution in [-0.2, 0) is 4.79 Å². The standard InChI is InChI=1S/C28H24FN7OS/c29-20-12-22-19(11-18(20)16-10-17(14-30-13-16)32-28(37)15-4-1-2-5-15)24(36-35-22)27-33-21-7-8-31-26(25(21)34-27)23-6-3-9-38-23/h3,7-15,23H,1-2,4-6H2,(H,32,37)(H,33,34)(H,35,36). The summed E-state index contributed by atoms with van der Waals surface area (Å²) in [4.78, 5) is 29.7. The molecule has 5 heterocycles. The van der Waals surface area contributed by atoms with Crippen molar-refractivity contribution in [1.29, 1.82) is 0 Å². The van der Waals surface area contributed by atoms with Crippen molar-refractivity contribution in [3.05, 3.63) is 65.9 Å². The van der Waals surface area contributed by atoms with E-state index in [9.17, 15) is 4.79 Å². The first-order chi connectivity index (χ1) is 18.6. The smallest absolute Gasteiger partial charge is 0.227 e. The summed E-state index contributed by atoms with van der Waals surface area (Å²) in [6.45, 7) is 0. The molecule has 7 rings (SSSR count). The summed E-state index contributed by atoms with van der Waals surface area (Å²) in [7, 11) is 0. The van der Waals surface area contributed by atoms with Crippen molar-refractivity contribution in [1.82, 2.24) is 30.1 Å². The predicted octanol–water partition coefficient (Wildman–Crippen LogP) is 6.52. The van der Waals surface area contributed by atoms with Crippen molar-refractivity contribution < 1.29 is 9.18 Å². The monoisotopic (exact) mass is 525 g/mol. The van der Waals surface area contributed by atoms with Crippen LogP contribution in [0.2, 0.25) is 0 Å². The quantitative estimate of drug-likeness (QED) is 0.241. The van der Waals surface area contributed by atoms with Crippen LogP contribution in [0.3, 0.4) is 0 Å². The molecule has 38 heavy (non-hydrogen) atoms. The average molecular weight is 526 g/mol. The molecular weight excluding hydrogens is 501 g/mol. The minimum Gasteiger partial charge on any atom is -0.336 e. The molecule has 0 spiro atoms. The third-order valence-corrected chi connectivity index (χ3v) is 8.43. The second-order valence-corrected chi connectivity index (χ2v) is 10.9. The zero-order chi connectivity index (χ0) is 25.6. The summed E-state index contributed by atoms with van der Waals surface area (Å²) in [5.74, 6) is 0.212. The number of hydrogen-bond donors (Lipinski definition) is 3. The first kappa shape index (κ1) is 23.1. The summed E-state index contributed by atoms with van der Waals surface area (Å²) >= 11 is 1.74. The molecule has 190 valence electrons. The predicted molar refractivity (Wildman–Crippen MR) is 147 cm³/mol. The number of carbonyl (C=O) groups is 1. The molecule has 3 N–H and O–H groups in total. The molecule has 1 aliphatic heterocycles. The number of hydrogen-bond acceptors (Lipinski definition) is 6. The fourth-order valence-electron chi connectivity index (χ4n) is 5.39. The van der Waals surface area contributed by atoms with Gasteiger partial charge in [0.05, 0.1) is 33.9 Å². The van der Waals surface area contributed by atoms with Crippen molar-refractivity contribution in [3.8, 4) is 22.6 Å². The molecule has 1 atom stereocenters. The lowest BCUT2D eigenvalue weighted by Gasteiger charge is -2.11. The van der Waals surface area contributed by atoms with Crippen molar-refractivity contribution in [2.45, 2.75) is 37.4 Å². The van der Waals surface area contributed by atoms with Crippen LogP contribution in [0, 0.1) is 11.7 Å². The van der Waals surface area contributed by atoms with Gasteiger partial charge in [0.25, 0.3) is 0 Å². The molecule has 1 aliphatic carbocycles. The molecule has 0 radical (unpaired) electrons. The van der Waals surface area contributed by atoms with Gasteiger partial charge in [-0.2, -0.15) is 5.10 Å². The van der Waals surface area contributed by atoms with Crippen molar-refractivity contribution >= 4 is 45.3 Å². The third kappa shape index (κ3) is 4.05. The summed E-state index contributed by atoms with van der Waals surface area (Å²) in [5.41, 5.74) is 5.30. The zero-order valence-corrected chi connectivity index (χ0v) is 21.2. The van der Waals surface area contributed by atoms with Crippen LogP contribution in [0.1, 0.15) is 43.0 Å². The number of benzene rings is 1. The summed E-state index contributed by atoms with van der Waals surface area (Å²) in [5, 5.41) is 13.4. The van der Waals surface area contributed by atoms with E-state index in [1.54, 1.807) is 42.5 Å². The second kappa shape index (κ2) is 9.36. The maximum atomic E-state index is 15.2. The number of fused-ring (bicyclic) bond motifs is 2. The first-order valence-electron chi connectivity index (χ1n) is 12.7. The number of thioether (sulfide) groups is 1. The number of aromatic nitrogens is 6. The molecule has 8 nitrogen and oxygen atoms in total. The molecule has 0 saturated heterocycles. The second-order valence-electron chi connectivity index (χ2n) is 9.79. The lowest BCUT2D eigenvalue weighted by atomic mass is 10.0. The largest absolute Gasteiger partial charge is 0.336 e. The number of nitrogens with zero attached hydrogens (tertiary/aromatic N) is 4. The Morgan fingerprint density at radius 3 is 2.87 bits per heavy atom. The molecule has 1 amide bonds. The van der Waals surface area contributed by atoms with Crippen LogP contribution in [0.5, 0.6) is 0 Å². The number of pyridine rings is 2. The van der Waals surface area contributed by atoms with E-state index in [0.29, 0.717) is 33.8 Å². The Labute approximate surface area is 221 Å². The van der Waals surface area contributed by atoms with Gasteiger partial charge in [0.15, 0.2) is 5.82 Å². The molecule has 10 heteroatoms. The highest BCUT2D eigenvalue weighted by atomic mass is 32.2. The Hall–Kier alpha value is -4.05. The van der Waals surface area contributed by atoms with Gasteiger partial charge < -0.3 is 10.3 Å². The van der Waals surface area contributed by atoms with Crippen LogP contribution in [-0.4, -0.2) is 36.0 Å². The summed E-state index contributed by atoms with van der Waals surface area (Å²) in [6, 6.07) is 6.85. The van der Waals surface area contributed by atoms with Crippen molar-refractivity contribution in [2.24, 2.45) is 5.92 Å². The molecule has 0 bridgehead atoms. The van der Waals surface area contributed by atoms with Crippen LogP contribution in [0.4, 0.5) is 10.1 Å². The number of rotatable bonds is 5. The fourth-order valence-corrected chi connectivity index (χ4v) is 6.33. The van der Waals surface area contributed by atoms with E-state index in [1.807, 2.05) is 6.07 Å². The van der Waals surface area contributed by atoms with Gasteiger partial charge in [0, 0.05) is 40.9 Å². The Morgan fingerprint density at radius 1 is 1.13 bits per heavy atom. The van der Waals surface area contributed by atoms with Gasteiger partial charge in [-0.3, -0.25) is 19.9 Å². The number of anilines is 1. The highest BCUT2D eigenvalue weighted by Crippen LogP contribution is 2.40. The average Bonchev–Trinajstić information content (AvgIpc) is 3.73. The highest BCUT2D eigenvalue weighted by Gasteiger charge is 2.24. The number of aromatic amines is 2. The highest BCUT2D eigenvalue weighted by molar-refractivity contribution is 8.02. The number of nitrogens with one attached hydrogen (secondary N) is 3. The summed E-state index contributed by atoms with van der Waals surface area (Å²) < 4.78 is 15.2. The lowest BCUT2D eigenvalue weighted by molar-refractivity contribution is -0.119. The van der Waals surface area contributed by atoms with Crippen LogP contribution in [0.25, 0.3) is 44.6 Å². The number of allylic oxidation sites excluding steroid dienone is 1. The van der Waals surface area contributed by atoms with E-state index >= 15 is 4.39 Å². The van der Waals surface area contributed by atoms with E-state index in [4.69, 9.17) is 4.98 Å². The van der Waals surface area contributed by atoms with E-state index in [0.717, 1.165) is 54.2 Å². The van der Waals surface area contributed by atoms with Crippen LogP contribution in [0.15, 0.2) is 54.3 Å². The number of H-pyrrole nitrogens is 2. The van der Waals surface area contributed by atoms with Gasteiger partial charge in [-0.1, -0.05) is 18.9 Å². The maximum Gasteiger partial charge on any atom is 0.227 e. The molecule has 1 unspecified atom stereocenters. The van der Waals surface area contributed by atoms with Gasteiger partial charge in [-0.25, -0.2) is 9.37 Å². The number of amides is 1. The number of carbonyl (C=O) groups excluding carboxylic acids is 1. The lowest BCUT2D eigenvalue weighted by Crippen LogP contribution is -2.20. The topological polar surface area (TPSA) is 112 Å². The Balaban J connectivity index is 1.26. The molecule has 1 aromatic carbocycles. The van der Waals surface area contributed by atoms with Crippen LogP contribution >= 0.6 is 11.8 Å². The van der Waals surface area contributed by atoms with Crippen molar-refractivity contribution in [2.75, 3.05) is 5.32 Å². The van der Waals surface area contributed by atoms with Gasteiger partial charge in [-0.05, 0) is 42.9 Å². The molecule has 2 aliphatic rings. The van der Waals surface area contributed by atoms with Crippen LogP contribution < -0.4 is 5.32 Å². The maximum absolute atomic E-state index is 15.2. The molecule has 1 fully saturated rings. The molecule has 4 aromatic heterocycles. The van der Waals surface area contributed by atoms with Gasteiger partial charge in [-0.15, -0.1) is 11.8 Å². The van der Waals surface area contributed by atoms with Crippen molar-refractivity contribution in [3.63, 3.8) is 0 Å². The number of halogens is 1. The van der Waals surface area contributed by atoms with E-state index < -0.39 is 5.82 Å². The van der Waals surface area contributed by atoms with E-state index in [-0.39, 0.29) is 17.1 Å². The van der Waals surface area contributed by atoms with E-state index in [2.05, 4.69) is 42.0 Å². The van der Waals surface area contributed by atoms with Gasteiger partial charge in [0.2, 0.25) is 5.91 Å².